The van der Waals surface area contributed by atoms with Crippen molar-refractivity contribution in [1.82, 2.24) is 4.98 Å². The highest BCUT2D eigenvalue weighted by molar-refractivity contribution is 7.22. The van der Waals surface area contributed by atoms with E-state index in [-0.39, 0.29) is 23.1 Å². The quantitative estimate of drug-likeness (QED) is 0.262. The smallest absolute Gasteiger partial charge is 0.260 e. The first-order valence-corrected chi connectivity index (χ1v) is 11.3. The van der Waals surface area contributed by atoms with Gasteiger partial charge in [0.25, 0.3) is 5.91 Å². The maximum Gasteiger partial charge on any atom is 0.260 e. The molecule has 0 aliphatic carbocycles. The highest BCUT2D eigenvalue weighted by Gasteiger charge is 2.23. The summed E-state index contributed by atoms with van der Waals surface area (Å²) < 4.78 is 34.1. The van der Waals surface area contributed by atoms with Gasteiger partial charge in [-0.2, -0.15) is 0 Å². The van der Waals surface area contributed by atoms with Crippen molar-refractivity contribution in [1.29, 1.82) is 0 Å². The second-order valence-corrected chi connectivity index (χ2v) is 8.56. The van der Waals surface area contributed by atoms with E-state index in [9.17, 15) is 13.6 Å². The van der Waals surface area contributed by atoms with Gasteiger partial charge in [0.2, 0.25) is 0 Å². The molecule has 4 aromatic carbocycles. The molecular weight excluding hydrogens is 454 g/mol. The van der Waals surface area contributed by atoms with Crippen LogP contribution in [0.2, 0.25) is 0 Å². The van der Waals surface area contributed by atoms with Crippen LogP contribution in [0.3, 0.4) is 0 Å². The second-order valence-electron chi connectivity index (χ2n) is 7.55. The molecule has 7 heteroatoms. The van der Waals surface area contributed by atoms with Crippen LogP contribution in [0.5, 0.6) is 11.5 Å². The number of rotatable bonds is 6. The summed E-state index contributed by atoms with van der Waals surface area (Å²) >= 11 is 1.07. The zero-order chi connectivity index (χ0) is 23.5. The molecule has 0 unspecified atom stereocenters. The first-order chi connectivity index (χ1) is 16.6. The van der Waals surface area contributed by atoms with E-state index in [1.54, 1.807) is 24.3 Å². The van der Waals surface area contributed by atoms with E-state index in [1.165, 1.54) is 11.0 Å². The molecule has 0 spiro atoms. The van der Waals surface area contributed by atoms with E-state index < -0.39 is 11.6 Å². The third kappa shape index (κ3) is 4.65. The minimum Gasteiger partial charge on any atom is -0.457 e. The Morgan fingerprint density at radius 1 is 0.853 bits per heavy atom. The largest absolute Gasteiger partial charge is 0.457 e. The number of para-hydroxylation sites is 1. The van der Waals surface area contributed by atoms with Crippen molar-refractivity contribution in [2.45, 2.75) is 6.54 Å². The van der Waals surface area contributed by atoms with Gasteiger partial charge in [-0.3, -0.25) is 9.69 Å². The molecular formula is C27H18F2N2O2S. The second kappa shape index (κ2) is 9.41. The van der Waals surface area contributed by atoms with Crippen LogP contribution in [0.1, 0.15) is 15.9 Å². The van der Waals surface area contributed by atoms with E-state index in [2.05, 4.69) is 4.98 Å². The molecule has 0 saturated heterocycles. The van der Waals surface area contributed by atoms with Crippen LogP contribution in [0.25, 0.3) is 10.2 Å². The van der Waals surface area contributed by atoms with Gasteiger partial charge in [-0.1, -0.05) is 59.9 Å². The van der Waals surface area contributed by atoms with Crippen molar-refractivity contribution in [2.75, 3.05) is 4.90 Å². The highest BCUT2D eigenvalue weighted by Crippen LogP contribution is 2.33. The van der Waals surface area contributed by atoms with Crippen molar-refractivity contribution in [3.05, 3.63) is 120 Å². The van der Waals surface area contributed by atoms with Crippen molar-refractivity contribution < 1.29 is 18.3 Å². The predicted molar refractivity (Wildman–Crippen MR) is 129 cm³/mol. The number of hydrogen-bond donors (Lipinski definition) is 0. The number of carbonyl (C=O) groups is 1. The van der Waals surface area contributed by atoms with Gasteiger partial charge in [0.05, 0.1) is 11.2 Å². The summed E-state index contributed by atoms with van der Waals surface area (Å²) in [4.78, 5) is 19.3. The maximum atomic E-state index is 14.3. The Balaban J connectivity index is 1.47. The lowest BCUT2D eigenvalue weighted by molar-refractivity contribution is 0.0985. The molecule has 5 aromatic rings. The number of ether oxygens (including phenoxy) is 1. The number of aromatic nitrogens is 1. The third-order valence-electron chi connectivity index (χ3n) is 5.14. The summed E-state index contributed by atoms with van der Waals surface area (Å²) in [5.41, 5.74) is 1.34. The summed E-state index contributed by atoms with van der Waals surface area (Å²) in [5, 5.41) is 0.290. The molecule has 168 valence electrons. The van der Waals surface area contributed by atoms with E-state index in [0.717, 1.165) is 23.0 Å². The monoisotopic (exact) mass is 472 g/mol. The van der Waals surface area contributed by atoms with Gasteiger partial charge >= 0.3 is 0 Å². The lowest BCUT2D eigenvalue weighted by Crippen LogP contribution is -2.30. The van der Waals surface area contributed by atoms with Gasteiger partial charge < -0.3 is 4.74 Å². The number of amides is 1. The number of thiazole rings is 1. The minimum absolute atomic E-state index is 0.0406. The molecule has 1 aromatic heterocycles. The van der Waals surface area contributed by atoms with Gasteiger partial charge in [-0.05, 0) is 48.0 Å². The third-order valence-corrected chi connectivity index (χ3v) is 6.17. The van der Waals surface area contributed by atoms with Crippen LogP contribution in [0.4, 0.5) is 13.9 Å². The maximum absolute atomic E-state index is 14.3. The Labute approximate surface area is 198 Å². The molecule has 0 aliphatic heterocycles. The number of carbonyl (C=O) groups excluding carboxylic acids is 1. The summed E-state index contributed by atoms with van der Waals surface area (Å²) in [6, 6.07) is 27.6. The molecule has 1 heterocycles. The first kappa shape index (κ1) is 21.7. The molecule has 5 rings (SSSR count). The van der Waals surface area contributed by atoms with Gasteiger partial charge in [0, 0.05) is 11.6 Å². The molecule has 1 amide bonds. The fraction of sp³-hybridized carbons (Fsp3) is 0.0370. The Hall–Kier alpha value is -4.10. The topological polar surface area (TPSA) is 42.4 Å². The lowest BCUT2D eigenvalue weighted by atomic mass is 10.1. The van der Waals surface area contributed by atoms with Gasteiger partial charge in [-0.15, -0.1) is 0 Å². The standard InChI is InChI=1S/C27H18F2N2O2S/c28-20-15-23(29)25-24(16-20)34-27(30-25)31(17-18-7-3-1-4-8-18)26(32)19-11-13-22(14-12-19)33-21-9-5-2-6-10-21/h1-16H,17H2. The van der Waals surface area contributed by atoms with Crippen molar-refractivity contribution in [3.63, 3.8) is 0 Å². The van der Waals surface area contributed by atoms with Crippen molar-refractivity contribution in [2.24, 2.45) is 0 Å². The summed E-state index contributed by atoms with van der Waals surface area (Å²) in [6.45, 7) is 0.228. The van der Waals surface area contributed by atoms with Gasteiger partial charge in [0.1, 0.15) is 22.8 Å². The fourth-order valence-corrected chi connectivity index (χ4v) is 4.50. The van der Waals surface area contributed by atoms with Crippen molar-refractivity contribution >= 4 is 32.6 Å². The number of halogens is 2. The molecule has 34 heavy (non-hydrogen) atoms. The Bertz CT molecular complexity index is 1440. The zero-order valence-corrected chi connectivity index (χ0v) is 18.6. The van der Waals surface area contributed by atoms with E-state index in [4.69, 9.17) is 4.74 Å². The summed E-state index contributed by atoms with van der Waals surface area (Å²) in [7, 11) is 0. The molecule has 0 radical (unpaired) electrons. The Morgan fingerprint density at radius 3 is 2.21 bits per heavy atom. The Morgan fingerprint density at radius 2 is 1.50 bits per heavy atom. The predicted octanol–water partition coefficient (Wildman–Crippen LogP) is 7.21. The van der Waals surface area contributed by atoms with Crippen LogP contribution in [-0.4, -0.2) is 10.9 Å². The zero-order valence-electron chi connectivity index (χ0n) is 17.8. The van der Waals surface area contributed by atoms with E-state index in [0.29, 0.717) is 21.8 Å². The normalized spacial score (nSPS) is 10.9. The molecule has 0 atom stereocenters. The molecule has 0 bridgehead atoms. The number of benzene rings is 4. The molecule has 0 aliphatic rings. The SMILES string of the molecule is O=C(c1ccc(Oc2ccccc2)cc1)N(Cc1ccccc1)c1nc2c(F)cc(F)cc2s1. The Kier molecular flexibility index (Phi) is 6.01. The molecule has 0 saturated carbocycles. The van der Waals surface area contributed by atoms with E-state index >= 15 is 0 Å². The first-order valence-electron chi connectivity index (χ1n) is 10.5. The summed E-state index contributed by atoms with van der Waals surface area (Å²) in [6.07, 6.45) is 0. The minimum atomic E-state index is -0.757. The van der Waals surface area contributed by atoms with Gasteiger partial charge in [-0.25, -0.2) is 13.8 Å². The number of fused-ring (bicyclic) bond motifs is 1. The van der Waals surface area contributed by atoms with E-state index in [1.807, 2.05) is 60.7 Å². The average Bonchev–Trinajstić information content (AvgIpc) is 3.28. The number of nitrogens with zero attached hydrogens (tertiary/aromatic N) is 2. The fourth-order valence-electron chi connectivity index (χ4n) is 3.50. The lowest BCUT2D eigenvalue weighted by Gasteiger charge is -2.20. The van der Waals surface area contributed by atoms with Crippen LogP contribution in [-0.2, 0) is 6.54 Å². The van der Waals surface area contributed by atoms with Crippen LogP contribution >= 0.6 is 11.3 Å². The molecule has 0 N–H and O–H groups in total. The van der Waals surface area contributed by atoms with Crippen molar-refractivity contribution in [3.8, 4) is 11.5 Å². The highest BCUT2D eigenvalue weighted by atomic mass is 32.1. The van der Waals surface area contributed by atoms with Crippen LogP contribution in [0, 0.1) is 11.6 Å². The van der Waals surface area contributed by atoms with Crippen LogP contribution < -0.4 is 9.64 Å². The number of hydrogen-bond acceptors (Lipinski definition) is 4. The van der Waals surface area contributed by atoms with Crippen LogP contribution in [0.15, 0.2) is 97.1 Å². The number of anilines is 1. The molecule has 0 fully saturated rings. The summed E-state index contributed by atoms with van der Waals surface area (Å²) in [5.74, 6) is -0.469. The molecule has 4 nitrogen and oxygen atoms in total. The van der Waals surface area contributed by atoms with Gasteiger partial charge in [0.15, 0.2) is 10.9 Å². The average molecular weight is 473 g/mol.